The summed E-state index contributed by atoms with van der Waals surface area (Å²) in [6.07, 6.45) is 0.0906. The molecule has 2 heterocycles. The van der Waals surface area contributed by atoms with Crippen molar-refractivity contribution in [2.24, 2.45) is 0 Å². The first-order chi connectivity index (χ1) is 13.3. The molecule has 3 aromatic rings. The molecule has 1 aromatic heterocycles. The highest BCUT2D eigenvalue weighted by molar-refractivity contribution is 7.90. The van der Waals surface area contributed by atoms with Gasteiger partial charge in [0.2, 0.25) is 5.91 Å². The number of anilines is 1. The van der Waals surface area contributed by atoms with Crippen molar-refractivity contribution in [2.45, 2.75) is 17.9 Å². The number of carbonyl (C=O) groups is 1. The van der Waals surface area contributed by atoms with Crippen molar-refractivity contribution in [1.82, 2.24) is 9.78 Å². The predicted molar refractivity (Wildman–Crippen MR) is 104 cm³/mol. The molecule has 0 atom stereocenters. The molecule has 9 heteroatoms. The zero-order valence-electron chi connectivity index (χ0n) is 14.5. The first-order valence-corrected chi connectivity index (χ1v) is 10.6. The maximum absolute atomic E-state index is 13.3. The maximum Gasteiger partial charge on any atom is 0.229 e. The Labute approximate surface area is 165 Å². The molecule has 28 heavy (non-hydrogen) atoms. The number of nitrogens with zero attached hydrogens (tertiary/aromatic N) is 2. The number of nitrogens with one attached hydrogen (secondary N) is 1. The van der Waals surface area contributed by atoms with Gasteiger partial charge in [-0.25, -0.2) is 17.5 Å². The normalized spacial score (nSPS) is 14.6. The highest BCUT2D eigenvalue weighted by Gasteiger charge is 2.33. The van der Waals surface area contributed by atoms with Crippen LogP contribution in [0.15, 0.2) is 48.5 Å². The first-order valence-electron chi connectivity index (χ1n) is 8.42. The van der Waals surface area contributed by atoms with Crippen LogP contribution in [0.25, 0.3) is 5.69 Å². The quantitative estimate of drug-likeness (QED) is 0.703. The van der Waals surface area contributed by atoms with E-state index in [1.165, 1.54) is 28.9 Å². The Balaban J connectivity index is 1.67. The molecule has 0 saturated carbocycles. The van der Waals surface area contributed by atoms with E-state index >= 15 is 0 Å². The van der Waals surface area contributed by atoms with E-state index in [1.807, 2.05) is 0 Å². The molecular weight excluding hydrogens is 405 g/mol. The summed E-state index contributed by atoms with van der Waals surface area (Å²) in [5.41, 5.74) is 2.15. The Kier molecular flexibility index (Phi) is 4.68. The van der Waals surface area contributed by atoms with E-state index in [4.69, 9.17) is 11.6 Å². The maximum atomic E-state index is 13.3. The molecule has 1 aliphatic heterocycles. The monoisotopic (exact) mass is 419 g/mol. The Bertz CT molecular complexity index is 1160. The smallest absolute Gasteiger partial charge is 0.229 e. The molecule has 4 rings (SSSR count). The van der Waals surface area contributed by atoms with Gasteiger partial charge in [-0.05, 0) is 42.0 Å². The third kappa shape index (κ3) is 3.79. The molecule has 0 fully saturated rings. The standard InChI is InChI=1S/C19H15ClFN3O3S/c20-13-3-1-12(2-4-13)9-18(25)22-19-16-10-28(26,27)11-17(16)23-24(19)15-7-5-14(21)6-8-15/h1-8H,9-11H2,(H,22,25). The van der Waals surface area contributed by atoms with Crippen LogP contribution >= 0.6 is 11.6 Å². The van der Waals surface area contributed by atoms with Crippen LogP contribution < -0.4 is 5.32 Å². The third-order valence-electron chi connectivity index (χ3n) is 4.39. The fourth-order valence-electron chi connectivity index (χ4n) is 3.10. The first kappa shape index (κ1) is 18.6. The van der Waals surface area contributed by atoms with Crippen LogP contribution in [0.5, 0.6) is 0 Å². The van der Waals surface area contributed by atoms with Crippen LogP contribution in [-0.4, -0.2) is 24.1 Å². The SMILES string of the molecule is O=C(Cc1ccc(Cl)cc1)Nc1c2c(nn1-c1ccc(F)cc1)CS(=O)(=O)C2. The lowest BCUT2D eigenvalue weighted by atomic mass is 10.1. The Morgan fingerprint density at radius 3 is 2.46 bits per heavy atom. The molecule has 0 saturated heterocycles. The van der Waals surface area contributed by atoms with Gasteiger partial charge in [0.25, 0.3) is 0 Å². The number of sulfone groups is 1. The molecule has 1 aliphatic rings. The van der Waals surface area contributed by atoms with Crippen molar-refractivity contribution in [1.29, 1.82) is 0 Å². The second-order valence-electron chi connectivity index (χ2n) is 6.55. The van der Waals surface area contributed by atoms with Gasteiger partial charge in [0, 0.05) is 10.6 Å². The summed E-state index contributed by atoms with van der Waals surface area (Å²) >= 11 is 5.86. The lowest BCUT2D eigenvalue weighted by Gasteiger charge is -2.11. The summed E-state index contributed by atoms with van der Waals surface area (Å²) in [6.45, 7) is 0. The largest absolute Gasteiger partial charge is 0.310 e. The van der Waals surface area contributed by atoms with E-state index in [2.05, 4.69) is 10.4 Å². The van der Waals surface area contributed by atoms with Gasteiger partial charge in [-0.1, -0.05) is 23.7 Å². The Morgan fingerprint density at radius 1 is 1.11 bits per heavy atom. The van der Waals surface area contributed by atoms with Gasteiger partial charge in [0.05, 0.1) is 29.3 Å². The molecule has 1 N–H and O–H groups in total. The van der Waals surface area contributed by atoms with Crippen molar-refractivity contribution in [3.63, 3.8) is 0 Å². The van der Waals surface area contributed by atoms with Crippen molar-refractivity contribution >= 4 is 33.2 Å². The number of hydrogen-bond acceptors (Lipinski definition) is 4. The van der Waals surface area contributed by atoms with Gasteiger partial charge in [-0.3, -0.25) is 4.79 Å². The molecule has 2 aromatic carbocycles. The number of benzene rings is 2. The van der Waals surface area contributed by atoms with Crippen LogP contribution in [0.3, 0.4) is 0 Å². The zero-order valence-corrected chi connectivity index (χ0v) is 16.1. The summed E-state index contributed by atoms with van der Waals surface area (Å²) < 4.78 is 38.7. The van der Waals surface area contributed by atoms with E-state index in [-0.39, 0.29) is 23.8 Å². The van der Waals surface area contributed by atoms with Crippen molar-refractivity contribution in [2.75, 3.05) is 5.32 Å². The van der Waals surface area contributed by atoms with Crippen molar-refractivity contribution in [3.05, 3.63) is 76.2 Å². The van der Waals surface area contributed by atoms with Crippen LogP contribution in [0, 0.1) is 5.82 Å². The van der Waals surface area contributed by atoms with Gasteiger partial charge in [-0.15, -0.1) is 0 Å². The number of halogens is 2. The van der Waals surface area contributed by atoms with Crippen LogP contribution in [0.4, 0.5) is 10.2 Å². The summed E-state index contributed by atoms with van der Waals surface area (Å²) in [4.78, 5) is 12.6. The average molecular weight is 420 g/mol. The van der Waals surface area contributed by atoms with E-state index in [0.29, 0.717) is 27.8 Å². The van der Waals surface area contributed by atoms with E-state index in [9.17, 15) is 17.6 Å². The van der Waals surface area contributed by atoms with E-state index in [0.717, 1.165) is 5.56 Å². The number of fused-ring (bicyclic) bond motifs is 1. The average Bonchev–Trinajstić information content (AvgIpc) is 3.10. The highest BCUT2D eigenvalue weighted by Crippen LogP contribution is 2.33. The summed E-state index contributed by atoms with van der Waals surface area (Å²) in [5.74, 6) is -0.810. The molecule has 0 aliphatic carbocycles. The third-order valence-corrected chi connectivity index (χ3v) is 6.09. The van der Waals surface area contributed by atoms with Crippen LogP contribution in [0.2, 0.25) is 5.02 Å². The molecule has 1 amide bonds. The number of aromatic nitrogens is 2. The summed E-state index contributed by atoms with van der Waals surface area (Å²) in [6, 6.07) is 12.5. The van der Waals surface area contributed by atoms with Gasteiger partial charge in [0.15, 0.2) is 9.84 Å². The second-order valence-corrected chi connectivity index (χ2v) is 9.05. The Morgan fingerprint density at radius 2 is 1.79 bits per heavy atom. The van der Waals surface area contributed by atoms with Crippen molar-refractivity contribution in [3.8, 4) is 5.69 Å². The number of hydrogen-bond donors (Lipinski definition) is 1. The van der Waals surface area contributed by atoms with E-state index < -0.39 is 15.7 Å². The molecule has 0 spiro atoms. The van der Waals surface area contributed by atoms with Gasteiger partial charge in [0.1, 0.15) is 11.6 Å². The molecule has 144 valence electrons. The van der Waals surface area contributed by atoms with Crippen molar-refractivity contribution < 1.29 is 17.6 Å². The number of amides is 1. The predicted octanol–water partition coefficient (Wildman–Crippen LogP) is 3.27. The van der Waals surface area contributed by atoms with Gasteiger partial charge < -0.3 is 5.32 Å². The number of carbonyl (C=O) groups excluding carboxylic acids is 1. The minimum Gasteiger partial charge on any atom is -0.310 e. The minimum absolute atomic E-state index is 0.0906. The zero-order chi connectivity index (χ0) is 19.9. The topological polar surface area (TPSA) is 81.1 Å². The summed E-state index contributed by atoms with van der Waals surface area (Å²) in [5, 5.41) is 7.69. The van der Waals surface area contributed by atoms with E-state index in [1.54, 1.807) is 24.3 Å². The Hall–Kier alpha value is -2.71. The fraction of sp³-hybridized carbons (Fsp3) is 0.158. The molecular formula is C19H15ClFN3O3S. The minimum atomic E-state index is -3.29. The van der Waals surface area contributed by atoms with Crippen LogP contribution in [0.1, 0.15) is 16.8 Å². The second kappa shape index (κ2) is 7.03. The molecule has 0 unspecified atom stereocenters. The number of rotatable bonds is 4. The molecule has 0 radical (unpaired) electrons. The fourth-order valence-corrected chi connectivity index (χ4v) is 4.72. The van der Waals surface area contributed by atoms with Crippen LogP contribution in [-0.2, 0) is 32.6 Å². The van der Waals surface area contributed by atoms with Gasteiger partial charge in [-0.2, -0.15) is 5.10 Å². The highest BCUT2D eigenvalue weighted by atomic mass is 35.5. The lowest BCUT2D eigenvalue weighted by molar-refractivity contribution is -0.115. The lowest BCUT2D eigenvalue weighted by Crippen LogP contribution is -2.18. The molecule has 0 bridgehead atoms. The van der Waals surface area contributed by atoms with Gasteiger partial charge >= 0.3 is 0 Å². The molecule has 6 nitrogen and oxygen atoms in total. The summed E-state index contributed by atoms with van der Waals surface area (Å²) in [7, 11) is -3.29.